The molecule has 0 atom stereocenters. The molecule has 0 bridgehead atoms. The quantitative estimate of drug-likeness (QED) is 0.336. The van der Waals surface area contributed by atoms with Crippen LogP contribution in [0.3, 0.4) is 0 Å². The molecule has 11 heteroatoms. The van der Waals surface area contributed by atoms with Gasteiger partial charge in [-0.25, -0.2) is 13.4 Å². The van der Waals surface area contributed by atoms with E-state index in [1.807, 2.05) is 47.9 Å². The zero-order valence-corrected chi connectivity index (χ0v) is 19.4. The Bertz CT molecular complexity index is 1210. The molecular weight excluding hydrogens is 478 g/mol. The summed E-state index contributed by atoms with van der Waals surface area (Å²) in [6, 6.07) is 11.0. The highest BCUT2D eigenvalue weighted by atomic mass is 35.5. The van der Waals surface area contributed by atoms with Crippen LogP contribution < -0.4 is 4.90 Å². The summed E-state index contributed by atoms with van der Waals surface area (Å²) in [5.74, 6) is 0. The molecule has 0 amide bonds. The lowest BCUT2D eigenvalue weighted by Crippen LogP contribution is -2.39. The normalized spacial score (nSPS) is 15.6. The highest BCUT2D eigenvalue weighted by Gasteiger charge is 2.35. The lowest BCUT2D eigenvalue weighted by molar-refractivity contribution is -0.384. The molecule has 3 heterocycles. The molecule has 2 aromatic heterocycles. The van der Waals surface area contributed by atoms with Gasteiger partial charge in [0.25, 0.3) is 5.69 Å². The van der Waals surface area contributed by atoms with Crippen molar-refractivity contribution >= 4 is 67.1 Å². The van der Waals surface area contributed by atoms with Crippen molar-refractivity contribution in [3.63, 3.8) is 0 Å². The van der Waals surface area contributed by atoms with Crippen LogP contribution in [-0.2, 0) is 9.84 Å². The van der Waals surface area contributed by atoms with E-state index in [-0.39, 0.29) is 14.2 Å². The second kappa shape index (κ2) is 9.07. The maximum atomic E-state index is 12.9. The number of hydrogen-bond acceptors (Lipinski definition) is 8. The molecule has 0 saturated carbocycles. The van der Waals surface area contributed by atoms with Crippen LogP contribution in [0.1, 0.15) is 24.1 Å². The van der Waals surface area contributed by atoms with Crippen LogP contribution in [0.4, 0.5) is 10.8 Å². The van der Waals surface area contributed by atoms with E-state index in [2.05, 4.69) is 9.88 Å². The number of benzene rings is 1. The van der Waals surface area contributed by atoms with E-state index in [9.17, 15) is 18.5 Å². The average molecular weight is 496 g/mol. The minimum atomic E-state index is -3.66. The summed E-state index contributed by atoms with van der Waals surface area (Å²) >= 11 is 8.13. The maximum Gasteiger partial charge on any atom is 0.300 e. The zero-order valence-electron chi connectivity index (χ0n) is 16.2. The van der Waals surface area contributed by atoms with E-state index in [0.29, 0.717) is 25.9 Å². The van der Waals surface area contributed by atoms with Gasteiger partial charge in [0.15, 0.2) is 19.3 Å². The fourth-order valence-corrected chi connectivity index (χ4v) is 7.87. The van der Waals surface area contributed by atoms with Gasteiger partial charge in [0, 0.05) is 24.5 Å². The number of rotatable bonds is 6. The summed E-state index contributed by atoms with van der Waals surface area (Å²) < 4.78 is 25.7. The molecule has 162 valence electrons. The second-order valence-electron chi connectivity index (χ2n) is 7.01. The second-order valence-corrected chi connectivity index (χ2v) is 12.0. The SMILES string of the molecule is O=[N+]([O-])c1cc(S(=O)(=O)C2CCN(c3nc(C=Cc4ccccc4)cs3)CC2)sc1Cl. The van der Waals surface area contributed by atoms with Crippen molar-refractivity contribution in [1.29, 1.82) is 0 Å². The lowest BCUT2D eigenvalue weighted by Gasteiger charge is -2.31. The highest BCUT2D eigenvalue weighted by Crippen LogP contribution is 2.39. The highest BCUT2D eigenvalue weighted by molar-refractivity contribution is 7.94. The Morgan fingerprint density at radius 1 is 1.19 bits per heavy atom. The van der Waals surface area contributed by atoms with Crippen LogP contribution in [0, 0.1) is 10.1 Å². The first-order chi connectivity index (χ1) is 14.8. The van der Waals surface area contributed by atoms with Gasteiger partial charge in [-0.05, 0) is 24.5 Å². The smallest absolute Gasteiger partial charge is 0.300 e. The topological polar surface area (TPSA) is 93.4 Å². The Hall–Kier alpha value is -2.27. The van der Waals surface area contributed by atoms with Crippen molar-refractivity contribution in [2.24, 2.45) is 0 Å². The molecule has 1 aliphatic heterocycles. The fourth-order valence-electron chi connectivity index (χ4n) is 3.37. The Morgan fingerprint density at radius 3 is 2.55 bits per heavy atom. The predicted octanol–water partition coefficient (Wildman–Crippen LogP) is 5.38. The Balaban J connectivity index is 1.41. The van der Waals surface area contributed by atoms with Gasteiger partial charge in [-0.1, -0.05) is 48.0 Å². The van der Waals surface area contributed by atoms with E-state index in [4.69, 9.17) is 11.6 Å². The zero-order chi connectivity index (χ0) is 22.0. The number of anilines is 1. The molecule has 1 saturated heterocycles. The summed E-state index contributed by atoms with van der Waals surface area (Å²) in [7, 11) is -3.66. The first-order valence-corrected chi connectivity index (χ1v) is 13.1. The average Bonchev–Trinajstić information content (AvgIpc) is 3.40. The molecular formula is C20H18ClN3O4S3. The Labute approximate surface area is 192 Å². The largest absolute Gasteiger partial charge is 0.348 e. The van der Waals surface area contributed by atoms with Crippen LogP contribution >= 0.6 is 34.3 Å². The summed E-state index contributed by atoms with van der Waals surface area (Å²) in [6.45, 7) is 1.11. The summed E-state index contributed by atoms with van der Waals surface area (Å²) in [5.41, 5.74) is 1.60. The number of sulfone groups is 1. The molecule has 7 nitrogen and oxygen atoms in total. The van der Waals surface area contributed by atoms with Gasteiger partial charge in [0.1, 0.15) is 4.21 Å². The van der Waals surface area contributed by atoms with Crippen molar-refractivity contribution < 1.29 is 13.3 Å². The minimum Gasteiger partial charge on any atom is -0.348 e. The number of nitrogens with zero attached hydrogens (tertiary/aromatic N) is 3. The summed E-state index contributed by atoms with van der Waals surface area (Å²) in [6.07, 6.45) is 4.82. The summed E-state index contributed by atoms with van der Waals surface area (Å²) in [4.78, 5) is 17.1. The number of hydrogen-bond donors (Lipinski definition) is 0. The van der Waals surface area contributed by atoms with Gasteiger partial charge >= 0.3 is 0 Å². The number of thiazole rings is 1. The standard InChI is InChI=1S/C20H18ClN3O4S3/c21-19-17(24(25)26)12-18(30-19)31(27,28)16-8-10-23(11-9-16)20-22-15(13-29-20)7-6-14-4-2-1-3-5-14/h1-7,12-13,16H,8-11H2. The number of thiophene rings is 1. The number of piperidine rings is 1. The van der Waals surface area contributed by atoms with Gasteiger partial charge in [0.05, 0.1) is 15.9 Å². The monoisotopic (exact) mass is 495 g/mol. The summed E-state index contributed by atoms with van der Waals surface area (Å²) in [5, 5.41) is 13.2. The van der Waals surface area contributed by atoms with E-state index in [1.54, 1.807) is 0 Å². The van der Waals surface area contributed by atoms with Crippen molar-refractivity contribution in [3.8, 4) is 0 Å². The van der Waals surface area contributed by atoms with Crippen LogP contribution in [0.25, 0.3) is 12.2 Å². The van der Waals surface area contributed by atoms with Crippen molar-refractivity contribution in [3.05, 3.63) is 67.5 Å². The Morgan fingerprint density at radius 2 is 1.90 bits per heavy atom. The molecule has 31 heavy (non-hydrogen) atoms. The van der Waals surface area contributed by atoms with Gasteiger partial charge in [-0.3, -0.25) is 10.1 Å². The van der Waals surface area contributed by atoms with Gasteiger partial charge < -0.3 is 4.90 Å². The van der Waals surface area contributed by atoms with E-state index >= 15 is 0 Å². The molecule has 0 N–H and O–H groups in total. The third-order valence-corrected chi connectivity index (χ3v) is 10.1. The van der Waals surface area contributed by atoms with Gasteiger partial charge in [-0.2, -0.15) is 0 Å². The van der Waals surface area contributed by atoms with Crippen LogP contribution in [0.5, 0.6) is 0 Å². The van der Waals surface area contributed by atoms with Crippen LogP contribution in [-0.4, -0.2) is 36.7 Å². The third-order valence-electron chi connectivity index (χ3n) is 5.03. The van der Waals surface area contributed by atoms with Gasteiger partial charge in [-0.15, -0.1) is 22.7 Å². The Kier molecular flexibility index (Phi) is 6.42. The molecule has 0 radical (unpaired) electrons. The van der Waals surface area contributed by atoms with Crippen molar-refractivity contribution in [2.75, 3.05) is 18.0 Å². The number of nitro groups is 1. The minimum absolute atomic E-state index is 0.0368. The van der Waals surface area contributed by atoms with Crippen LogP contribution in [0.15, 0.2) is 46.0 Å². The van der Waals surface area contributed by atoms with Crippen molar-refractivity contribution in [1.82, 2.24) is 4.98 Å². The van der Waals surface area contributed by atoms with E-state index in [1.165, 1.54) is 11.3 Å². The lowest BCUT2D eigenvalue weighted by atomic mass is 10.1. The maximum absolute atomic E-state index is 12.9. The van der Waals surface area contributed by atoms with Gasteiger partial charge in [0.2, 0.25) is 0 Å². The molecule has 0 spiro atoms. The molecule has 1 aromatic carbocycles. The van der Waals surface area contributed by atoms with E-state index < -0.39 is 20.0 Å². The van der Waals surface area contributed by atoms with Crippen molar-refractivity contribution in [2.45, 2.75) is 22.3 Å². The van der Waals surface area contributed by atoms with E-state index in [0.717, 1.165) is 33.8 Å². The first kappa shape index (κ1) is 21.9. The molecule has 0 unspecified atom stereocenters. The molecule has 4 rings (SSSR count). The third kappa shape index (κ3) is 4.82. The first-order valence-electron chi connectivity index (χ1n) is 9.46. The molecule has 1 fully saturated rings. The molecule has 1 aliphatic rings. The fraction of sp³-hybridized carbons (Fsp3) is 0.250. The predicted molar refractivity (Wildman–Crippen MR) is 126 cm³/mol. The molecule has 0 aliphatic carbocycles. The molecule has 3 aromatic rings. The number of aromatic nitrogens is 1. The van der Waals surface area contributed by atoms with Crippen LogP contribution in [0.2, 0.25) is 4.34 Å². The number of halogens is 1.